The fourth-order valence-electron chi connectivity index (χ4n) is 3.28. The van der Waals surface area contributed by atoms with Crippen LogP contribution in [0.3, 0.4) is 0 Å². The number of amides is 4. The van der Waals surface area contributed by atoms with Crippen molar-refractivity contribution >= 4 is 29.6 Å². The van der Waals surface area contributed by atoms with Gasteiger partial charge in [-0.25, -0.2) is 14.8 Å². The molecule has 15 nitrogen and oxygen atoms in total. The summed E-state index contributed by atoms with van der Waals surface area (Å²) in [7, 11) is 0. The van der Waals surface area contributed by atoms with Crippen LogP contribution in [0.25, 0.3) is 0 Å². The van der Waals surface area contributed by atoms with E-state index in [0.717, 1.165) is 0 Å². The first-order chi connectivity index (χ1) is 17.0. The molecule has 0 fully saturated rings. The van der Waals surface area contributed by atoms with E-state index >= 15 is 0 Å². The Morgan fingerprint density at radius 3 is 1.75 bits per heavy atom. The normalized spacial score (nSPS) is 14.3. The van der Waals surface area contributed by atoms with Crippen LogP contribution in [-0.2, 0) is 36.8 Å². The molecule has 2 heterocycles. The number of H-pyrrole nitrogens is 2. The molecule has 2 aromatic rings. The maximum Gasteiger partial charge on any atom is 0.326 e. The van der Waals surface area contributed by atoms with Crippen molar-refractivity contribution < 1.29 is 29.1 Å². The summed E-state index contributed by atoms with van der Waals surface area (Å²) < 4.78 is 0. The van der Waals surface area contributed by atoms with Gasteiger partial charge < -0.3 is 42.5 Å². The van der Waals surface area contributed by atoms with Gasteiger partial charge >= 0.3 is 5.97 Å². The van der Waals surface area contributed by atoms with Crippen LogP contribution in [0.1, 0.15) is 31.7 Å². The Bertz CT molecular complexity index is 1040. The second-order valence-electron chi connectivity index (χ2n) is 8.53. The summed E-state index contributed by atoms with van der Waals surface area (Å²) in [6.45, 7) is 3.26. The highest BCUT2D eigenvalue weighted by atomic mass is 16.4. The smallest absolute Gasteiger partial charge is 0.326 e. The van der Waals surface area contributed by atoms with Gasteiger partial charge in [-0.05, 0) is 5.92 Å². The Morgan fingerprint density at radius 2 is 1.36 bits per heavy atom. The van der Waals surface area contributed by atoms with E-state index in [9.17, 15) is 29.1 Å². The Kier molecular flexibility index (Phi) is 10.1. The highest BCUT2D eigenvalue weighted by Gasteiger charge is 2.32. The van der Waals surface area contributed by atoms with Crippen LogP contribution >= 0.6 is 0 Å². The largest absolute Gasteiger partial charge is 0.480 e. The van der Waals surface area contributed by atoms with Crippen LogP contribution < -0.4 is 27.4 Å². The van der Waals surface area contributed by atoms with Gasteiger partial charge in [0.1, 0.15) is 18.1 Å². The van der Waals surface area contributed by atoms with Crippen molar-refractivity contribution in [1.29, 1.82) is 0 Å². The molecule has 0 radical (unpaired) electrons. The molecule has 196 valence electrons. The number of nitrogens with zero attached hydrogens (tertiary/aromatic N) is 2. The third-order valence-electron chi connectivity index (χ3n) is 5.21. The van der Waals surface area contributed by atoms with Crippen LogP contribution in [0.15, 0.2) is 25.0 Å². The lowest BCUT2D eigenvalue weighted by atomic mass is 10.0. The standard InChI is InChI=1S/C21H31N9O6/c1-10(2)17(21(35)36)30-20(34)15(4-12-7-25-9-27-12)29-19(33)14(3-11-6-24-8-26-11)28-18(32)13(22)5-16(23)31/h6-10,13-15,17H,3-5,22H2,1-2H3,(H2,23,31)(H,24,26)(H,25,27)(H,28,32)(H,29,33)(H,30,34)(H,35,36). The van der Waals surface area contributed by atoms with Gasteiger partial charge in [0.2, 0.25) is 23.6 Å². The average Bonchev–Trinajstić information content (AvgIpc) is 3.49. The van der Waals surface area contributed by atoms with E-state index in [4.69, 9.17) is 11.5 Å². The molecular formula is C21H31N9O6. The predicted octanol–water partition coefficient (Wildman–Crippen LogP) is -2.68. The van der Waals surface area contributed by atoms with E-state index in [0.29, 0.717) is 11.4 Å². The molecule has 0 aromatic carbocycles. The number of hydrogen-bond donors (Lipinski definition) is 8. The number of carbonyl (C=O) groups is 5. The molecule has 2 rings (SSSR count). The summed E-state index contributed by atoms with van der Waals surface area (Å²) in [5, 5.41) is 16.9. The van der Waals surface area contributed by atoms with Gasteiger partial charge in [-0.1, -0.05) is 13.8 Å². The molecule has 0 aliphatic carbocycles. The highest BCUT2D eigenvalue weighted by Crippen LogP contribution is 2.07. The summed E-state index contributed by atoms with van der Waals surface area (Å²) in [6.07, 6.45) is 5.18. The molecule has 0 saturated heterocycles. The van der Waals surface area contributed by atoms with Crippen molar-refractivity contribution in [2.24, 2.45) is 17.4 Å². The van der Waals surface area contributed by atoms with Crippen molar-refractivity contribution in [2.75, 3.05) is 0 Å². The lowest BCUT2D eigenvalue weighted by Crippen LogP contribution is -2.58. The summed E-state index contributed by atoms with van der Waals surface area (Å²) >= 11 is 0. The van der Waals surface area contributed by atoms with Crippen LogP contribution in [0.2, 0.25) is 0 Å². The van der Waals surface area contributed by atoms with Crippen molar-refractivity contribution in [3.05, 3.63) is 36.4 Å². The minimum Gasteiger partial charge on any atom is -0.480 e. The highest BCUT2D eigenvalue weighted by molar-refractivity contribution is 5.95. The van der Waals surface area contributed by atoms with Gasteiger partial charge in [-0.3, -0.25) is 19.2 Å². The van der Waals surface area contributed by atoms with Crippen molar-refractivity contribution in [3.8, 4) is 0 Å². The Balaban J connectivity index is 2.24. The van der Waals surface area contributed by atoms with Gasteiger partial charge in [-0.15, -0.1) is 0 Å². The van der Waals surface area contributed by atoms with Gasteiger partial charge in [0.15, 0.2) is 0 Å². The second-order valence-corrected chi connectivity index (χ2v) is 8.53. The first-order valence-electron chi connectivity index (χ1n) is 11.1. The SMILES string of the molecule is CC(C)C(NC(=O)C(Cc1cnc[nH]1)NC(=O)C(Cc1cnc[nH]1)NC(=O)C(N)CC(N)=O)C(=O)O. The molecule has 4 atom stereocenters. The fraction of sp³-hybridized carbons (Fsp3) is 0.476. The van der Waals surface area contributed by atoms with E-state index in [1.807, 2.05) is 0 Å². The molecule has 36 heavy (non-hydrogen) atoms. The monoisotopic (exact) mass is 505 g/mol. The number of carboxylic acid groups (broad SMARTS) is 1. The lowest BCUT2D eigenvalue weighted by molar-refractivity contribution is -0.143. The van der Waals surface area contributed by atoms with E-state index in [1.165, 1.54) is 25.0 Å². The number of nitrogens with one attached hydrogen (secondary N) is 5. The van der Waals surface area contributed by atoms with E-state index in [1.54, 1.807) is 13.8 Å². The molecular weight excluding hydrogens is 474 g/mol. The van der Waals surface area contributed by atoms with Crippen LogP contribution in [0.5, 0.6) is 0 Å². The van der Waals surface area contributed by atoms with E-state index in [-0.39, 0.29) is 12.8 Å². The molecule has 4 unspecified atom stereocenters. The first kappa shape index (κ1) is 28.0. The molecule has 0 aliphatic heterocycles. The molecule has 0 saturated carbocycles. The van der Waals surface area contributed by atoms with Gasteiger partial charge in [0.25, 0.3) is 0 Å². The quantitative estimate of drug-likeness (QED) is 0.133. The maximum absolute atomic E-state index is 13.2. The number of aromatic nitrogens is 4. The zero-order valence-electron chi connectivity index (χ0n) is 19.9. The fourth-order valence-corrected chi connectivity index (χ4v) is 3.28. The topological polar surface area (TPSA) is 251 Å². The van der Waals surface area contributed by atoms with Crippen LogP contribution in [0.4, 0.5) is 0 Å². The maximum atomic E-state index is 13.2. The Morgan fingerprint density at radius 1 is 0.889 bits per heavy atom. The number of hydrogen-bond acceptors (Lipinski definition) is 8. The molecule has 0 spiro atoms. The summed E-state index contributed by atoms with van der Waals surface area (Å²) in [6, 6.07) is -4.90. The Labute approximate surface area is 206 Å². The van der Waals surface area contributed by atoms with Crippen LogP contribution in [0, 0.1) is 5.92 Å². The molecule has 2 aromatic heterocycles. The predicted molar refractivity (Wildman–Crippen MR) is 125 cm³/mol. The summed E-state index contributed by atoms with van der Waals surface area (Å²) in [5.41, 5.74) is 11.8. The average molecular weight is 506 g/mol. The van der Waals surface area contributed by atoms with E-state index < -0.39 is 66.1 Å². The number of carbonyl (C=O) groups excluding carboxylic acids is 4. The molecule has 15 heteroatoms. The zero-order valence-corrected chi connectivity index (χ0v) is 19.9. The van der Waals surface area contributed by atoms with Crippen molar-refractivity contribution in [1.82, 2.24) is 35.9 Å². The molecule has 4 amide bonds. The second kappa shape index (κ2) is 13.0. The molecule has 0 aliphatic rings. The summed E-state index contributed by atoms with van der Waals surface area (Å²) in [5.74, 6) is -4.72. The number of imidazole rings is 2. The van der Waals surface area contributed by atoms with Crippen LogP contribution in [-0.4, -0.2) is 78.8 Å². The van der Waals surface area contributed by atoms with Gasteiger partial charge in [0.05, 0.1) is 25.1 Å². The van der Waals surface area contributed by atoms with Crippen molar-refractivity contribution in [3.63, 3.8) is 0 Å². The molecule has 10 N–H and O–H groups in total. The van der Waals surface area contributed by atoms with E-state index in [2.05, 4.69) is 35.9 Å². The third-order valence-corrected chi connectivity index (χ3v) is 5.21. The molecule has 0 bridgehead atoms. The zero-order chi connectivity index (χ0) is 26.8. The van der Waals surface area contributed by atoms with Crippen molar-refractivity contribution in [2.45, 2.75) is 57.3 Å². The minimum atomic E-state index is -1.29. The Hall–Kier alpha value is -4.27. The number of aromatic amines is 2. The number of nitrogens with two attached hydrogens (primary N) is 2. The minimum absolute atomic E-state index is 0.0338. The number of rotatable bonds is 14. The number of primary amides is 1. The third kappa shape index (κ3) is 8.50. The number of carboxylic acids is 1. The number of aliphatic carboxylic acids is 1. The summed E-state index contributed by atoms with van der Waals surface area (Å²) in [4.78, 5) is 74.8. The van der Waals surface area contributed by atoms with Gasteiger partial charge in [0, 0.05) is 36.6 Å². The van der Waals surface area contributed by atoms with Gasteiger partial charge in [-0.2, -0.15) is 0 Å². The first-order valence-corrected chi connectivity index (χ1v) is 11.1. The lowest BCUT2D eigenvalue weighted by Gasteiger charge is -2.25.